The average Bonchev–Trinajstić information content (AvgIpc) is 2.64. The maximum Gasteiger partial charge on any atom is 0.354 e. The molecule has 0 atom stereocenters. The van der Waals surface area contributed by atoms with Crippen LogP contribution in [0.1, 0.15) is 16.3 Å². The number of carbonyl (C=O) groups is 1. The lowest BCUT2D eigenvalue weighted by Gasteiger charge is -2.02. The van der Waals surface area contributed by atoms with Gasteiger partial charge in [0.05, 0.1) is 0 Å². The second kappa shape index (κ2) is 3.49. The van der Waals surface area contributed by atoms with E-state index in [1.807, 2.05) is 0 Å². The summed E-state index contributed by atoms with van der Waals surface area (Å²) in [6.45, 7) is 1.79. The van der Waals surface area contributed by atoms with Crippen molar-refractivity contribution in [2.75, 3.05) is 0 Å². The van der Waals surface area contributed by atoms with Gasteiger partial charge in [-0.15, -0.1) is 0 Å². The third kappa shape index (κ3) is 1.69. The first-order valence-electron chi connectivity index (χ1n) is 4.25. The van der Waals surface area contributed by atoms with Gasteiger partial charge in [-0.1, -0.05) is 0 Å². The lowest BCUT2D eigenvalue weighted by Crippen LogP contribution is -2.07. The third-order valence-corrected chi connectivity index (χ3v) is 1.90. The van der Waals surface area contributed by atoms with E-state index in [0.717, 1.165) is 0 Å². The lowest BCUT2D eigenvalue weighted by molar-refractivity contribution is 0.0690. The predicted octanol–water partition coefficient (Wildman–Crippen LogP) is 0.669. The van der Waals surface area contributed by atoms with Gasteiger partial charge in [0, 0.05) is 18.6 Å². The Balaban J connectivity index is 2.50. The Labute approximate surface area is 85.3 Å². The molecule has 0 spiro atoms. The SMILES string of the molecule is Cc1nccn1-c1nccc(C(=O)O)n1. The molecule has 0 radical (unpaired) electrons. The molecule has 15 heavy (non-hydrogen) atoms. The summed E-state index contributed by atoms with van der Waals surface area (Å²) >= 11 is 0. The highest BCUT2D eigenvalue weighted by atomic mass is 16.4. The molecule has 0 bridgehead atoms. The Morgan fingerprint density at radius 3 is 2.80 bits per heavy atom. The molecule has 2 heterocycles. The van der Waals surface area contributed by atoms with E-state index >= 15 is 0 Å². The van der Waals surface area contributed by atoms with Gasteiger partial charge < -0.3 is 5.11 Å². The molecule has 0 unspecified atom stereocenters. The quantitative estimate of drug-likeness (QED) is 0.777. The van der Waals surface area contributed by atoms with Crippen LogP contribution in [0.5, 0.6) is 0 Å². The lowest BCUT2D eigenvalue weighted by atomic mass is 10.4. The maximum atomic E-state index is 10.7. The van der Waals surface area contributed by atoms with Gasteiger partial charge in [0.15, 0.2) is 5.69 Å². The summed E-state index contributed by atoms with van der Waals surface area (Å²) in [5.74, 6) is -0.0566. The number of aromatic nitrogens is 4. The minimum absolute atomic E-state index is 0.0342. The molecule has 2 aromatic heterocycles. The van der Waals surface area contributed by atoms with E-state index in [1.54, 1.807) is 23.9 Å². The van der Waals surface area contributed by atoms with Crippen molar-refractivity contribution in [2.45, 2.75) is 6.92 Å². The van der Waals surface area contributed by atoms with Crippen molar-refractivity contribution in [1.82, 2.24) is 19.5 Å². The normalized spacial score (nSPS) is 10.2. The molecule has 1 N–H and O–H groups in total. The van der Waals surface area contributed by atoms with E-state index in [9.17, 15) is 4.79 Å². The molecule has 2 aromatic rings. The second-order valence-electron chi connectivity index (χ2n) is 2.89. The molecule has 76 valence electrons. The van der Waals surface area contributed by atoms with Crippen LogP contribution in [0.15, 0.2) is 24.7 Å². The van der Waals surface area contributed by atoms with Crippen molar-refractivity contribution < 1.29 is 9.90 Å². The van der Waals surface area contributed by atoms with Crippen LogP contribution >= 0.6 is 0 Å². The first-order valence-corrected chi connectivity index (χ1v) is 4.25. The van der Waals surface area contributed by atoms with Crippen LogP contribution in [0.25, 0.3) is 5.95 Å². The first-order chi connectivity index (χ1) is 7.18. The van der Waals surface area contributed by atoms with Crippen molar-refractivity contribution in [3.63, 3.8) is 0 Å². The molecule has 6 nitrogen and oxygen atoms in total. The number of imidazole rings is 1. The number of hydrogen-bond donors (Lipinski definition) is 1. The zero-order valence-electron chi connectivity index (χ0n) is 7.95. The molecular formula is C9H8N4O2. The van der Waals surface area contributed by atoms with E-state index in [-0.39, 0.29) is 5.69 Å². The second-order valence-corrected chi connectivity index (χ2v) is 2.89. The number of carboxylic acids is 1. The van der Waals surface area contributed by atoms with Crippen LogP contribution in [0.4, 0.5) is 0 Å². The number of hydrogen-bond acceptors (Lipinski definition) is 4. The largest absolute Gasteiger partial charge is 0.477 e. The number of aryl methyl sites for hydroxylation is 1. The van der Waals surface area contributed by atoms with E-state index in [2.05, 4.69) is 15.0 Å². The van der Waals surface area contributed by atoms with Crippen molar-refractivity contribution in [2.24, 2.45) is 0 Å². The molecular weight excluding hydrogens is 196 g/mol. The standard InChI is InChI=1S/C9H8N4O2/c1-6-10-4-5-13(6)9-11-3-2-7(12-9)8(14)15/h2-5H,1H3,(H,14,15). The summed E-state index contributed by atoms with van der Waals surface area (Å²) in [6, 6.07) is 1.35. The first kappa shape index (κ1) is 9.32. The Hall–Kier alpha value is -2.24. The van der Waals surface area contributed by atoms with Gasteiger partial charge >= 0.3 is 5.97 Å². The van der Waals surface area contributed by atoms with Gasteiger partial charge in [-0.2, -0.15) is 0 Å². The molecule has 0 aliphatic rings. The van der Waals surface area contributed by atoms with Crippen molar-refractivity contribution in [1.29, 1.82) is 0 Å². The van der Waals surface area contributed by atoms with E-state index in [4.69, 9.17) is 5.11 Å². The zero-order chi connectivity index (χ0) is 10.8. The fraction of sp³-hybridized carbons (Fsp3) is 0.111. The highest BCUT2D eigenvalue weighted by Gasteiger charge is 2.08. The monoisotopic (exact) mass is 204 g/mol. The predicted molar refractivity (Wildman–Crippen MR) is 50.9 cm³/mol. The van der Waals surface area contributed by atoms with Crippen LogP contribution in [-0.4, -0.2) is 30.6 Å². The summed E-state index contributed by atoms with van der Waals surface area (Å²) in [5, 5.41) is 8.76. The molecule has 2 rings (SSSR count). The summed E-state index contributed by atoms with van der Waals surface area (Å²) in [5.41, 5.74) is -0.0342. The van der Waals surface area contributed by atoms with Gasteiger partial charge in [-0.05, 0) is 13.0 Å². The average molecular weight is 204 g/mol. The smallest absolute Gasteiger partial charge is 0.354 e. The molecule has 0 aromatic carbocycles. The topological polar surface area (TPSA) is 80.9 Å². The Morgan fingerprint density at radius 1 is 1.40 bits per heavy atom. The Kier molecular flexibility index (Phi) is 2.17. The minimum atomic E-state index is -1.07. The maximum absolute atomic E-state index is 10.7. The van der Waals surface area contributed by atoms with Gasteiger partial charge in [0.1, 0.15) is 5.82 Å². The summed E-state index contributed by atoms with van der Waals surface area (Å²) in [4.78, 5) is 22.6. The summed E-state index contributed by atoms with van der Waals surface area (Å²) in [7, 11) is 0. The molecule has 0 amide bonds. The van der Waals surface area contributed by atoms with Crippen molar-refractivity contribution in [3.05, 3.63) is 36.2 Å². The molecule has 6 heteroatoms. The highest BCUT2D eigenvalue weighted by molar-refractivity contribution is 5.85. The zero-order valence-corrected chi connectivity index (χ0v) is 7.95. The summed E-state index contributed by atoms with van der Waals surface area (Å²) in [6.07, 6.45) is 4.69. The van der Waals surface area contributed by atoms with Gasteiger partial charge in [0.25, 0.3) is 0 Å². The van der Waals surface area contributed by atoms with Gasteiger partial charge in [-0.25, -0.2) is 19.7 Å². The number of aromatic carboxylic acids is 1. The van der Waals surface area contributed by atoms with Gasteiger partial charge in [-0.3, -0.25) is 4.57 Å². The van der Waals surface area contributed by atoms with Crippen molar-refractivity contribution in [3.8, 4) is 5.95 Å². The Bertz CT molecular complexity index is 506. The molecule has 0 fully saturated rings. The molecule has 0 saturated heterocycles. The van der Waals surface area contributed by atoms with Crippen molar-refractivity contribution >= 4 is 5.97 Å². The van der Waals surface area contributed by atoms with Crippen LogP contribution < -0.4 is 0 Å². The number of carboxylic acid groups (broad SMARTS) is 1. The fourth-order valence-electron chi connectivity index (χ4n) is 1.17. The van der Waals surface area contributed by atoms with Crippen LogP contribution in [0.2, 0.25) is 0 Å². The number of nitrogens with zero attached hydrogens (tertiary/aromatic N) is 4. The minimum Gasteiger partial charge on any atom is -0.477 e. The van der Waals surface area contributed by atoms with Crippen LogP contribution in [0.3, 0.4) is 0 Å². The molecule has 0 saturated carbocycles. The van der Waals surface area contributed by atoms with E-state index in [1.165, 1.54) is 12.3 Å². The third-order valence-electron chi connectivity index (χ3n) is 1.90. The van der Waals surface area contributed by atoms with Gasteiger partial charge in [0.2, 0.25) is 5.95 Å². The highest BCUT2D eigenvalue weighted by Crippen LogP contribution is 2.04. The molecule has 0 aliphatic carbocycles. The van der Waals surface area contributed by atoms with E-state index in [0.29, 0.717) is 11.8 Å². The molecule has 0 aliphatic heterocycles. The summed E-state index contributed by atoms with van der Waals surface area (Å²) < 4.78 is 1.62. The number of rotatable bonds is 2. The van der Waals surface area contributed by atoms with Crippen LogP contribution in [0, 0.1) is 6.92 Å². The fourth-order valence-corrected chi connectivity index (χ4v) is 1.17. The van der Waals surface area contributed by atoms with Crippen LogP contribution in [-0.2, 0) is 0 Å². The Morgan fingerprint density at radius 2 is 2.20 bits per heavy atom. The van der Waals surface area contributed by atoms with E-state index < -0.39 is 5.97 Å².